The van der Waals surface area contributed by atoms with Gasteiger partial charge in [0.1, 0.15) is 0 Å². The van der Waals surface area contributed by atoms with Gasteiger partial charge in [0.2, 0.25) is 5.91 Å². The van der Waals surface area contributed by atoms with Crippen molar-refractivity contribution in [2.75, 3.05) is 38.2 Å². The third-order valence-electron chi connectivity index (χ3n) is 8.57. The number of nitrogens with zero attached hydrogens (tertiary/aromatic N) is 4. The largest absolute Gasteiger partial charge is 0.379 e. The van der Waals surface area contributed by atoms with Crippen molar-refractivity contribution in [1.82, 2.24) is 19.9 Å². The summed E-state index contributed by atoms with van der Waals surface area (Å²) in [5.41, 5.74) is -0.0267. The Morgan fingerprint density at radius 2 is 1.73 bits per heavy atom. The molecule has 0 spiro atoms. The van der Waals surface area contributed by atoms with Gasteiger partial charge in [0, 0.05) is 13.1 Å². The second-order valence-corrected chi connectivity index (χ2v) is 10.6. The van der Waals surface area contributed by atoms with Crippen LogP contribution in [0, 0.1) is 23.2 Å². The summed E-state index contributed by atoms with van der Waals surface area (Å²) in [6.45, 7) is 4.57. The Balaban J connectivity index is 0.00000193. The van der Waals surface area contributed by atoms with Gasteiger partial charge in [0.25, 0.3) is 0 Å². The maximum Gasteiger partial charge on any atom is 0.231 e. The number of aromatic nitrogens is 3. The lowest BCUT2D eigenvalue weighted by Gasteiger charge is -2.56. The Morgan fingerprint density at radius 1 is 1.10 bits per heavy atom. The van der Waals surface area contributed by atoms with Gasteiger partial charge in [-0.05, 0) is 82.1 Å². The monoisotopic (exact) mass is 435 g/mol. The van der Waals surface area contributed by atoms with E-state index in [2.05, 4.69) is 25.2 Å². The molecule has 6 aliphatic rings. The van der Waals surface area contributed by atoms with Gasteiger partial charge in [0.05, 0.1) is 30.4 Å². The van der Waals surface area contributed by atoms with Gasteiger partial charge in [-0.2, -0.15) is 0 Å². The molecule has 0 unspecified atom stereocenters. The lowest BCUT2D eigenvalue weighted by atomic mass is 9.53. The van der Waals surface area contributed by atoms with Crippen LogP contribution in [0.1, 0.15) is 57.8 Å². The predicted molar refractivity (Wildman–Crippen MR) is 116 cm³/mol. The van der Waals surface area contributed by atoms with Gasteiger partial charge in [-0.1, -0.05) is 5.21 Å². The zero-order valence-corrected chi connectivity index (χ0v) is 18.5. The molecule has 2 heterocycles. The molecule has 0 radical (unpaired) electrons. The highest BCUT2D eigenvalue weighted by atomic mass is 35.5. The molecular weight excluding hydrogens is 402 g/mol. The van der Waals surface area contributed by atoms with Gasteiger partial charge in [-0.3, -0.25) is 9.69 Å². The van der Waals surface area contributed by atoms with E-state index in [9.17, 15) is 4.79 Å². The number of anilines is 1. The summed E-state index contributed by atoms with van der Waals surface area (Å²) in [6.07, 6.45) is 12.9. The number of halogens is 1. The van der Waals surface area contributed by atoms with Crippen molar-refractivity contribution < 1.29 is 9.53 Å². The zero-order chi connectivity index (χ0) is 19.5. The Hall–Kier alpha value is -1.18. The molecule has 30 heavy (non-hydrogen) atoms. The van der Waals surface area contributed by atoms with Crippen LogP contribution >= 0.6 is 12.4 Å². The van der Waals surface area contributed by atoms with E-state index in [-0.39, 0.29) is 29.3 Å². The third-order valence-corrected chi connectivity index (χ3v) is 8.57. The molecule has 6 fully saturated rings. The Labute approximate surface area is 184 Å². The predicted octanol–water partition coefficient (Wildman–Crippen LogP) is 3.07. The maximum absolute atomic E-state index is 13.0. The Kier molecular flexibility index (Phi) is 5.35. The van der Waals surface area contributed by atoms with Crippen molar-refractivity contribution in [2.24, 2.45) is 23.2 Å². The smallest absolute Gasteiger partial charge is 0.231 e. The number of rotatable bonds is 6. The van der Waals surface area contributed by atoms with Crippen LogP contribution in [0.25, 0.3) is 0 Å². The van der Waals surface area contributed by atoms with Crippen molar-refractivity contribution >= 4 is 24.1 Å². The van der Waals surface area contributed by atoms with Crippen LogP contribution < -0.4 is 5.32 Å². The Bertz CT molecular complexity index is 751. The first-order valence-electron chi connectivity index (χ1n) is 11.7. The molecule has 1 aromatic rings. The minimum absolute atomic E-state index is 0. The number of carbonyl (C=O) groups is 1. The molecule has 0 atom stereocenters. The molecule has 5 aliphatic carbocycles. The highest BCUT2D eigenvalue weighted by molar-refractivity contribution is 5.96. The second kappa shape index (κ2) is 7.75. The summed E-state index contributed by atoms with van der Waals surface area (Å²) in [6, 6.07) is 0. The van der Waals surface area contributed by atoms with E-state index in [1.807, 2.05) is 6.20 Å². The number of carbonyl (C=O) groups excluding carboxylic acids is 1. The van der Waals surface area contributed by atoms with Crippen molar-refractivity contribution in [3.63, 3.8) is 0 Å². The highest BCUT2D eigenvalue weighted by Crippen LogP contribution is 2.58. The molecule has 1 saturated heterocycles. The lowest BCUT2D eigenvalue weighted by molar-refractivity contribution is -0.121. The van der Waals surface area contributed by atoms with Gasteiger partial charge < -0.3 is 10.1 Å². The molecule has 7 rings (SSSR count). The number of hydrogen-bond donors (Lipinski definition) is 1. The minimum atomic E-state index is -0.192. The van der Waals surface area contributed by atoms with Gasteiger partial charge in [-0.25, -0.2) is 4.68 Å². The van der Waals surface area contributed by atoms with Crippen molar-refractivity contribution in [3.05, 3.63) is 6.20 Å². The summed E-state index contributed by atoms with van der Waals surface area (Å²) in [7, 11) is 0. The van der Waals surface area contributed by atoms with Crippen LogP contribution in [0.15, 0.2) is 6.20 Å². The number of hydrogen-bond acceptors (Lipinski definition) is 5. The molecule has 7 nitrogen and oxygen atoms in total. The molecule has 1 aliphatic heterocycles. The van der Waals surface area contributed by atoms with Crippen LogP contribution in [0.4, 0.5) is 5.82 Å². The van der Waals surface area contributed by atoms with E-state index in [1.165, 1.54) is 38.5 Å². The lowest BCUT2D eigenvalue weighted by Crippen LogP contribution is -2.52. The molecule has 166 valence electrons. The zero-order valence-electron chi connectivity index (χ0n) is 17.7. The van der Waals surface area contributed by atoms with Crippen molar-refractivity contribution in [3.8, 4) is 0 Å². The molecule has 1 amide bonds. The number of morpholine rings is 1. The first kappa shape index (κ1) is 20.7. The molecule has 1 N–H and O–H groups in total. The molecular formula is C22H34ClN5O2. The summed E-state index contributed by atoms with van der Waals surface area (Å²) in [5, 5.41) is 12.0. The van der Waals surface area contributed by atoms with Crippen LogP contribution in [-0.2, 0) is 15.1 Å². The number of nitrogens with one attached hydrogen (secondary N) is 1. The van der Waals surface area contributed by atoms with Crippen LogP contribution in [-0.4, -0.2) is 58.6 Å². The molecule has 5 saturated carbocycles. The van der Waals surface area contributed by atoms with E-state index >= 15 is 0 Å². The Morgan fingerprint density at radius 3 is 2.33 bits per heavy atom. The normalized spacial score (nSPS) is 36.3. The topological polar surface area (TPSA) is 72.3 Å². The highest BCUT2D eigenvalue weighted by Gasteiger charge is 2.53. The van der Waals surface area contributed by atoms with Gasteiger partial charge in [0.15, 0.2) is 5.82 Å². The first-order chi connectivity index (χ1) is 14.1. The first-order valence-corrected chi connectivity index (χ1v) is 11.7. The molecule has 4 bridgehead atoms. The minimum Gasteiger partial charge on any atom is -0.379 e. The SMILES string of the molecule is Cl.O=C(Nc1cn(C23CC4CC(CC(C4)C2)C3)nn1)C1(CCN2CCOCC2)CC1. The summed E-state index contributed by atoms with van der Waals surface area (Å²) < 4.78 is 7.55. The van der Waals surface area contributed by atoms with Crippen LogP contribution in [0.5, 0.6) is 0 Å². The fourth-order valence-corrected chi connectivity index (χ4v) is 7.09. The third kappa shape index (κ3) is 3.67. The number of ether oxygens (including phenoxy) is 1. The van der Waals surface area contributed by atoms with Crippen molar-refractivity contribution in [2.45, 2.75) is 63.3 Å². The van der Waals surface area contributed by atoms with Gasteiger partial charge >= 0.3 is 0 Å². The number of amides is 1. The standard InChI is InChI=1S/C22H33N5O2.ClH/c28-20(21(1-2-21)3-4-26-5-7-29-8-6-26)23-19-15-27(25-24-19)22-12-16-9-17(13-22)11-18(10-16)14-22;/h15-18H,1-14H2,(H,23,28);1H. The average molecular weight is 436 g/mol. The summed E-state index contributed by atoms with van der Waals surface area (Å²) in [5.74, 6) is 3.40. The molecule has 1 aromatic heterocycles. The molecule has 0 aromatic carbocycles. The van der Waals surface area contributed by atoms with Crippen LogP contribution in [0.3, 0.4) is 0 Å². The molecule has 8 heteroatoms. The van der Waals surface area contributed by atoms with E-state index in [0.717, 1.165) is 69.9 Å². The fraction of sp³-hybridized carbons (Fsp3) is 0.864. The fourth-order valence-electron chi connectivity index (χ4n) is 7.09. The van der Waals surface area contributed by atoms with E-state index < -0.39 is 0 Å². The summed E-state index contributed by atoms with van der Waals surface area (Å²) in [4.78, 5) is 15.4. The maximum atomic E-state index is 13.0. The van der Waals surface area contributed by atoms with E-state index in [1.54, 1.807) is 0 Å². The summed E-state index contributed by atoms with van der Waals surface area (Å²) >= 11 is 0. The van der Waals surface area contributed by atoms with Crippen molar-refractivity contribution in [1.29, 1.82) is 0 Å². The van der Waals surface area contributed by atoms with Crippen LogP contribution in [0.2, 0.25) is 0 Å². The second-order valence-electron chi connectivity index (χ2n) is 10.6. The van der Waals surface area contributed by atoms with E-state index in [4.69, 9.17) is 4.74 Å². The quantitative estimate of drug-likeness (QED) is 0.743. The van der Waals surface area contributed by atoms with Gasteiger partial charge in [-0.15, -0.1) is 17.5 Å². The average Bonchev–Trinajstić information content (AvgIpc) is 3.36. The van der Waals surface area contributed by atoms with E-state index in [0.29, 0.717) is 5.82 Å².